The molecule has 4 N–H and O–H groups in total. The Bertz CT molecular complexity index is 637. The number of rotatable bonds is 4. The summed E-state index contributed by atoms with van der Waals surface area (Å²) in [5.74, 6) is 1.55. The standard InChI is InChI=1S/C24H40O5/c1-13(4-9-22(28)29)17-7-8-18-16-6-5-14-10-15(25)11-20(26)23(14,2)19(16)12-21(27)24(17,18)3/h13-21,25-27H,4-12H2,1-3H3,(H,28,29)/t13-,14?,15?,16+,17-,18+,19+,20?,21?,23+,24-/m1/s1. The van der Waals surface area contributed by atoms with Crippen molar-refractivity contribution in [3.8, 4) is 0 Å². The van der Waals surface area contributed by atoms with Gasteiger partial charge in [0.1, 0.15) is 0 Å². The summed E-state index contributed by atoms with van der Waals surface area (Å²) < 4.78 is 0. The number of carbonyl (C=O) groups is 1. The molecule has 5 nitrogen and oxygen atoms in total. The van der Waals surface area contributed by atoms with Gasteiger partial charge in [0.05, 0.1) is 18.3 Å². The van der Waals surface area contributed by atoms with Gasteiger partial charge in [0.2, 0.25) is 0 Å². The molecule has 0 spiro atoms. The zero-order chi connectivity index (χ0) is 21.1. The predicted octanol–water partition coefficient (Wildman–Crippen LogP) is 3.45. The van der Waals surface area contributed by atoms with E-state index in [-0.39, 0.29) is 17.3 Å². The molecule has 4 aliphatic rings. The SMILES string of the molecule is C[C@H](CCC(=O)O)[C@H]1CC[C@H]2[C@@H]3CCC4CC(O)CC(O)[C@]4(C)[C@H]3CC(O)[C@]12C. The van der Waals surface area contributed by atoms with Crippen molar-refractivity contribution in [3.63, 3.8) is 0 Å². The summed E-state index contributed by atoms with van der Waals surface area (Å²) in [5, 5.41) is 41.8. The molecular formula is C24H40O5. The Hall–Kier alpha value is -0.650. The molecule has 0 aromatic carbocycles. The first kappa shape index (κ1) is 21.6. The van der Waals surface area contributed by atoms with Crippen molar-refractivity contribution in [2.45, 2.75) is 96.9 Å². The van der Waals surface area contributed by atoms with E-state index >= 15 is 0 Å². The first-order valence-corrected chi connectivity index (χ1v) is 11.9. The first-order valence-electron chi connectivity index (χ1n) is 11.9. The van der Waals surface area contributed by atoms with Crippen LogP contribution >= 0.6 is 0 Å². The van der Waals surface area contributed by atoms with Crippen LogP contribution in [0.25, 0.3) is 0 Å². The van der Waals surface area contributed by atoms with Crippen molar-refractivity contribution in [3.05, 3.63) is 0 Å². The van der Waals surface area contributed by atoms with Crippen LogP contribution < -0.4 is 0 Å². The molecule has 0 aromatic heterocycles. The van der Waals surface area contributed by atoms with Gasteiger partial charge < -0.3 is 20.4 Å². The first-order chi connectivity index (χ1) is 13.6. The van der Waals surface area contributed by atoms with Crippen LogP contribution in [0, 0.1) is 46.3 Å². The molecule has 4 saturated carbocycles. The number of hydrogen-bond donors (Lipinski definition) is 4. The maximum atomic E-state index is 11.5. The van der Waals surface area contributed by atoms with E-state index in [1.165, 1.54) is 0 Å². The second kappa shape index (κ2) is 7.49. The summed E-state index contributed by atoms with van der Waals surface area (Å²) >= 11 is 0. The highest BCUT2D eigenvalue weighted by Crippen LogP contribution is 2.68. The molecule has 0 heterocycles. The Morgan fingerprint density at radius 3 is 2.31 bits per heavy atom. The molecular weight excluding hydrogens is 368 g/mol. The fourth-order valence-electron chi connectivity index (χ4n) is 8.78. The summed E-state index contributed by atoms with van der Waals surface area (Å²) in [7, 11) is 0. The highest BCUT2D eigenvalue weighted by molar-refractivity contribution is 5.66. The van der Waals surface area contributed by atoms with E-state index in [4.69, 9.17) is 5.11 Å². The van der Waals surface area contributed by atoms with Gasteiger partial charge in [0, 0.05) is 6.42 Å². The van der Waals surface area contributed by atoms with Gasteiger partial charge in [-0.05, 0) is 97.7 Å². The Morgan fingerprint density at radius 2 is 1.62 bits per heavy atom. The molecule has 0 amide bonds. The topological polar surface area (TPSA) is 98.0 Å². The Kier molecular flexibility index (Phi) is 5.57. The Labute approximate surface area is 174 Å². The number of carboxylic acid groups (broad SMARTS) is 1. The minimum atomic E-state index is -0.736. The molecule has 4 fully saturated rings. The number of fused-ring (bicyclic) bond motifs is 5. The third-order valence-electron chi connectivity index (χ3n) is 10.4. The Balaban J connectivity index is 1.59. The van der Waals surface area contributed by atoms with Gasteiger partial charge in [-0.25, -0.2) is 0 Å². The second-order valence-electron chi connectivity index (χ2n) is 11.4. The summed E-state index contributed by atoms with van der Waals surface area (Å²) in [6, 6.07) is 0. The van der Waals surface area contributed by atoms with Gasteiger partial charge in [-0.2, -0.15) is 0 Å². The van der Waals surface area contributed by atoms with Crippen molar-refractivity contribution < 1.29 is 25.2 Å². The largest absolute Gasteiger partial charge is 0.481 e. The van der Waals surface area contributed by atoms with Gasteiger partial charge in [0.25, 0.3) is 0 Å². The zero-order valence-electron chi connectivity index (χ0n) is 18.3. The molecule has 0 bridgehead atoms. The smallest absolute Gasteiger partial charge is 0.303 e. The minimum Gasteiger partial charge on any atom is -0.481 e. The average molecular weight is 409 g/mol. The van der Waals surface area contributed by atoms with Gasteiger partial charge in [0.15, 0.2) is 0 Å². The molecule has 4 rings (SSSR count). The molecule has 5 heteroatoms. The van der Waals surface area contributed by atoms with E-state index in [9.17, 15) is 20.1 Å². The molecule has 29 heavy (non-hydrogen) atoms. The van der Waals surface area contributed by atoms with Crippen LogP contribution in [0.15, 0.2) is 0 Å². The second-order valence-corrected chi connectivity index (χ2v) is 11.4. The van der Waals surface area contributed by atoms with Gasteiger partial charge in [-0.1, -0.05) is 20.8 Å². The van der Waals surface area contributed by atoms with Crippen LogP contribution in [0.2, 0.25) is 0 Å². The fourth-order valence-corrected chi connectivity index (χ4v) is 8.78. The van der Waals surface area contributed by atoms with E-state index in [1.807, 2.05) is 0 Å². The number of aliphatic hydroxyl groups is 3. The zero-order valence-corrected chi connectivity index (χ0v) is 18.3. The van der Waals surface area contributed by atoms with E-state index in [0.29, 0.717) is 48.3 Å². The number of aliphatic carboxylic acids is 1. The highest BCUT2D eigenvalue weighted by atomic mass is 16.4. The lowest BCUT2D eigenvalue weighted by Gasteiger charge is -2.63. The lowest BCUT2D eigenvalue weighted by atomic mass is 9.43. The Morgan fingerprint density at radius 1 is 0.931 bits per heavy atom. The molecule has 4 unspecified atom stereocenters. The third-order valence-corrected chi connectivity index (χ3v) is 10.4. The third kappa shape index (κ3) is 3.18. The summed E-state index contributed by atoms with van der Waals surface area (Å²) in [6.45, 7) is 6.66. The minimum absolute atomic E-state index is 0.151. The quantitative estimate of drug-likeness (QED) is 0.571. The normalized spacial score (nSPS) is 52.9. The monoisotopic (exact) mass is 408 g/mol. The van der Waals surface area contributed by atoms with Crippen LogP contribution in [-0.4, -0.2) is 44.7 Å². The molecule has 0 radical (unpaired) electrons. The van der Waals surface area contributed by atoms with Crippen molar-refractivity contribution in [1.29, 1.82) is 0 Å². The number of aliphatic hydroxyl groups excluding tert-OH is 3. The van der Waals surface area contributed by atoms with Crippen LogP contribution in [-0.2, 0) is 4.79 Å². The van der Waals surface area contributed by atoms with E-state index in [0.717, 1.165) is 38.5 Å². The average Bonchev–Trinajstić information content (AvgIpc) is 3.01. The van der Waals surface area contributed by atoms with Crippen molar-refractivity contribution in [1.82, 2.24) is 0 Å². The van der Waals surface area contributed by atoms with E-state index in [1.54, 1.807) is 0 Å². The van der Waals surface area contributed by atoms with Gasteiger partial charge >= 0.3 is 5.97 Å². The van der Waals surface area contributed by atoms with Crippen LogP contribution in [0.4, 0.5) is 0 Å². The highest BCUT2D eigenvalue weighted by Gasteiger charge is 2.65. The number of carboxylic acids is 1. The maximum absolute atomic E-state index is 11.5. The predicted molar refractivity (Wildman–Crippen MR) is 110 cm³/mol. The number of hydrogen-bond acceptors (Lipinski definition) is 4. The van der Waals surface area contributed by atoms with Crippen LogP contribution in [0.5, 0.6) is 0 Å². The molecule has 0 aliphatic heterocycles. The lowest BCUT2D eigenvalue weighted by Crippen LogP contribution is -2.62. The maximum Gasteiger partial charge on any atom is 0.303 e. The van der Waals surface area contributed by atoms with E-state index < -0.39 is 24.3 Å². The lowest BCUT2D eigenvalue weighted by molar-refractivity contribution is -0.207. The van der Waals surface area contributed by atoms with Crippen molar-refractivity contribution in [2.24, 2.45) is 46.3 Å². The molecule has 166 valence electrons. The van der Waals surface area contributed by atoms with Gasteiger partial charge in [-0.3, -0.25) is 4.79 Å². The molecule has 11 atom stereocenters. The fraction of sp³-hybridized carbons (Fsp3) is 0.958. The van der Waals surface area contributed by atoms with Crippen LogP contribution in [0.1, 0.15) is 78.6 Å². The molecule has 4 aliphatic carbocycles. The van der Waals surface area contributed by atoms with Gasteiger partial charge in [-0.15, -0.1) is 0 Å². The summed E-state index contributed by atoms with van der Waals surface area (Å²) in [6.07, 6.45) is 5.95. The van der Waals surface area contributed by atoms with Crippen molar-refractivity contribution in [2.75, 3.05) is 0 Å². The summed E-state index contributed by atoms with van der Waals surface area (Å²) in [4.78, 5) is 11.1. The van der Waals surface area contributed by atoms with Crippen LogP contribution in [0.3, 0.4) is 0 Å². The van der Waals surface area contributed by atoms with Crippen molar-refractivity contribution >= 4 is 5.97 Å². The molecule has 0 aromatic rings. The van der Waals surface area contributed by atoms with E-state index in [2.05, 4.69) is 20.8 Å². The summed E-state index contributed by atoms with van der Waals surface area (Å²) in [5.41, 5.74) is -0.362. The molecule has 0 saturated heterocycles.